The lowest BCUT2D eigenvalue weighted by molar-refractivity contribution is -0.120. The largest absolute Gasteiger partial charge is 0.393 e. The summed E-state index contributed by atoms with van der Waals surface area (Å²) in [6.07, 6.45) is 0.362. The van der Waals surface area contributed by atoms with Gasteiger partial charge in [-0.15, -0.1) is 0 Å². The van der Waals surface area contributed by atoms with Gasteiger partial charge in [-0.2, -0.15) is 0 Å². The lowest BCUT2D eigenvalue weighted by Gasteiger charge is -2.06. The fourth-order valence-corrected chi connectivity index (χ4v) is 1.27. The minimum Gasteiger partial charge on any atom is -0.393 e. The number of halogens is 1. The van der Waals surface area contributed by atoms with E-state index in [1.165, 1.54) is 12.1 Å². The van der Waals surface area contributed by atoms with Gasteiger partial charge in [0.2, 0.25) is 5.91 Å². The normalized spacial score (nSPS) is 12.2. The molecule has 0 aromatic heterocycles. The van der Waals surface area contributed by atoms with E-state index in [0.29, 0.717) is 13.0 Å². The van der Waals surface area contributed by atoms with Crippen LogP contribution in [0.15, 0.2) is 24.3 Å². The maximum Gasteiger partial charge on any atom is 0.224 e. The number of benzene rings is 1. The Morgan fingerprint density at radius 2 is 2.06 bits per heavy atom. The highest BCUT2D eigenvalue weighted by molar-refractivity contribution is 5.78. The summed E-state index contributed by atoms with van der Waals surface area (Å²) >= 11 is 0. The van der Waals surface area contributed by atoms with Crippen LogP contribution in [0.5, 0.6) is 0 Å². The Kier molecular flexibility index (Phi) is 4.92. The van der Waals surface area contributed by atoms with E-state index in [1.807, 2.05) is 0 Å². The molecule has 0 aliphatic heterocycles. The van der Waals surface area contributed by atoms with E-state index in [4.69, 9.17) is 5.11 Å². The maximum atomic E-state index is 12.6. The van der Waals surface area contributed by atoms with Gasteiger partial charge in [-0.25, -0.2) is 4.39 Å². The van der Waals surface area contributed by atoms with Gasteiger partial charge in [0.05, 0.1) is 12.5 Å². The molecule has 3 nitrogen and oxygen atoms in total. The van der Waals surface area contributed by atoms with Crippen LogP contribution in [-0.4, -0.2) is 23.7 Å². The maximum absolute atomic E-state index is 12.6. The van der Waals surface area contributed by atoms with E-state index in [1.54, 1.807) is 19.1 Å². The summed E-state index contributed by atoms with van der Waals surface area (Å²) in [5.41, 5.74) is 0.774. The topological polar surface area (TPSA) is 49.3 Å². The molecule has 0 aliphatic carbocycles. The molecule has 1 unspecified atom stereocenters. The number of aliphatic hydroxyl groups is 1. The Morgan fingerprint density at radius 1 is 1.44 bits per heavy atom. The summed E-state index contributed by atoms with van der Waals surface area (Å²) in [4.78, 5) is 11.4. The summed E-state index contributed by atoms with van der Waals surface area (Å²) < 4.78 is 12.6. The Balaban J connectivity index is 2.31. The molecular weight excluding hydrogens is 209 g/mol. The quantitative estimate of drug-likeness (QED) is 0.792. The van der Waals surface area contributed by atoms with Crippen LogP contribution >= 0.6 is 0 Å². The Morgan fingerprint density at radius 3 is 2.62 bits per heavy atom. The van der Waals surface area contributed by atoms with Gasteiger partial charge in [0, 0.05) is 6.54 Å². The first-order valence-electron chi connectivity index (χ1n) is 5.27. The minimum absolute atomic E-state index is 0.118. The van der Waals surface area contributed by atoms with Gasteiger partial charge >= 0.3 is 0 Å². The number of aliphatic hydroxyl groups excluding tert-OH is 1. The van der Waals surface area contributed by atoms with Gasteiger partial charge in [-0.1, -0.05) is 12.1 Å². The summed E-state index contributed by atoms with van der Waals surface area (Å²) in [5.74, 6) is -0.425. The highest BCUT2D eigenvalue weighted by atomic mass is 19.1. The number of carbonyl (C=O) groups is 1. The molecule has 4 heteroatoms. The molecular formula is C12H16FNO2. The molecule has 0 saturated carbocycles. The van der Waals surface area contributed by atoms with Gasteiger partial charge in [-0.05, 0) is 31.0 Å². The van der Waals surface area contributed by atoms with Crippen molar-refractivity contribution in [1.82, 2.24) is 5.32 Å². The number of amides is 1. The van der Waals surface area contributed by atoms with Crippen molar-refractivity contribution in [1.29, 1.82) is 0 Å². The van der Waals surface area contributed by atoms with Crippen molar-refractivity contribution in [3.05, 3.63) is 35.6 Å². The highest BCUT2D eigenvalue weighted by Gasteiger charge is 2.03. The second kappa shape index (κ2) is 6.23. The smallest absolute Gasteiger partial charge is 0.224 e. The van der Waals surface area contributed by atoms with Gasteiger partial charge < -0.3 is 10.4 Å². The first-order chi connectivity index (χ1) is 7.58. The third kappa shape index (κ3) is 4.89. The number of nitrogens with one attached hydrogen (secondary N) is 1. The summed E-state index contributed by atoms with van der Waals surface area (Å²) in [6, 6.07) is 5.84. The van der Waals surface area contributed by atoms with Crippen LogP contribution < -0.4 is 5.32 Å². The minimum atomic E-state index is -0.411. The molecule has 1 rings (SSSR count). The van der Waals surface area contributed by atoms with Crippen molar-refractivity contribution in [2.75, 3.05) is 6.54 Å². The summed E-state index contributed by atoms with van der Waals surface area (Å²) in [6.45, 7) is 2.13. The fraction of sp³-hybridized carbons (Fsp3) is 0.417. The van der Waals surface area contributed by atoms with Crippen LogP contribution in [0.2, 0.25) is 0 Å². The molecule has 0 fully saturated rings. The number of carbonyl (C=O) groups excluding carboxylic acids is 1. The van der Waals surface area contributed by atoms with Crippen LogP contribution in [0.25, 0.3) is 0 Å². The second-order valence-electron chi connectivity index (χ2n) is 3.79. The zero-order chi connectivity index (χ0) is 12.0. The molecule has 1 aromatic rings. The Hall–Kier alpha value is -1.42. The first kappa shape index (κ1) is 12.6. The SMILES string of the molecule is CC(O)CCNC(=O)Cc1ccc(F)cc1. The second-order valence-corrected chi connectivity index (χ2v) is 3.79. The predicted molar refractivity (Wildman–Crippen MR) is 59.4 cm³/mol. The zero-order valence-electron chi connectivity index (χ0n) is 9.24. The molecule has 0 radical (unpaired) electrons. The fourth-order valence-electron chi connectivity index (χ4n) is 1.27. The van der Waals surface area contributed by atoms with Gasteiger partial charge in [0.1, 0.15) is 5.82 Å². The van der Waals surface area contributed by atoms with Crippen molar-refractivity contribution >= 4 is 5.91 Å². The zero-order valence-corrected chi connectivity index (χ0v) is 9.24. The van der Waals surface area contributed by atoms with Crippen LogP contribution in [-0.2, 0) is 11.2 Å². The molecule has 16 heavy (non-hydrogen) atoms. The molecule has 1 aromatic carbocycles. The number of hydrogen-bond donors (Lipinski definition) is 2. The van der Waals surface area contributed by atoms with Crippen molar-refractivity contribution in [2.45, 2.75) is 25.9 Å². The van der Waals surface area contributed by atoms with Crippen molar-refractivity contribution < 1.29 is 14.3 Å². The number of hydrogen-bond acceptors (Lipinski definition) is 2. The van der Waals surface area contributed by atoms with Crippen LogP contribution in [0.1, 0.15) is 18.9 Å². The molecule has 0 heterocycles. The van der Waals surface area contributed by atoms with E-state index in [-0.39, 0.29) is 18.1 Å². The van der Waals surface area contributed by atoms with Crippen LogP contribution in [0, 0.1) is 5.82 Å². The monoisotopic (exact) mass is 225 g/mol. The average Bonchev–Trinajstić information content (AvgIpc) is 2.21. The van der Waals surface area contributed by atoms with E-state index in [2.05, 4.69) is 5.32 Å². The van der Waals surface area contributed by atoms with Crippen LogP contribution in [0.4, 0.5) is 4.39 Å². The van der Waals surface area contributed by atoms with E-state index < -0.39 is 6.10 Å². The molecule has 0 bridgehead atoms. The Bertz CT molecular complexity index is 335. The predicted octanol–water partition coefficient (Wildman–Crippen LogP) is 1.26. The molecule has 0 spiro atoms. The Labute approximate surface area is 94.3 Å². The molecule has 0 aliphatic rings. The molecule has 1 atom stereocenters. The lowest BCUT2D eigenvalue weighted by Crippen LogP contribution is -2.27. The third-order valence-electron chi connectivity index (χ3n) is 2.16. The van der Waals surface area contributed by atoms with Gasteiger partial charge in [0.15, 0.2) is 0 Å². The van der Waals surface area contributed by atoms with Crippen LogP contribution in [0.3, 0.4) is 0 Å². The van der Waals surface area contributed by atoms with E-state index in [9.17, 15) is 9.18 Å². The third-order valence-corrected chi connectivity index (χ3v) is 2.16. The van der Waals surface area contributed by atoms with E-state index >= 15 is 0 Å². The molecule has 88 valence electrons. The summed E-state index contributed by atoms with van der Waals surface area (Å²) in [5, 5.41) is 11.7. The standard InChI is InChI=1S/C12H16FNO2/c1-9(15)6-7-14-12(16)8-10-2-4-11(13)5-3-10/h2-5,9,15H,6-8H2,1H3,(H,14,16). The number of rotatable bonds is 5. The first-order valence-corrected chi connectivity index (χ1v) is 5.27. The van der Waals surface area contributed by atoms with Gasteiger partial charge in [0.25, 0.3) is 0 Å². The molecule has 2 N–H and O–H groups in total. The lowest BCUT2D eigenvalue weighted by atomic mass is 10.1. The van der Waals surface area contributed by atoms with E-state index in [0.717, 1.165) is 5.56 Å². The van der Waals surface area contributed by atoms with Crippen molar-refractivity contribution in [3.63, 3.8) is 0 Å². The highest BCUT2D eigenvalue weighted by Crippen LogP contribution is 2.03. The van der Waals surface area contributed by atoms with Crippen molar-refractivity contribution in [3.8, 4) is 0 Å². The summed E-state index contributed by atoms with van der Waals surface area (Å²) in [7, 11) is 0. The molecule has 0 saturated heterocycles. The van der Waals surface area contributed by atoms with Gasteiger partial charge in [-0.3, -0.25) is 4.79 Å². The average molecular weight is 225 g/mol. The molecule has 1 amide bonds. The van der Waals surface area contributed by atoms with Crippen molar-refractivity contribution in [2.24, 2.45) is 0 Å².